The number of phenolic OH excluding ortho intramolecular Hbond substituents is 1. The van der Waals surface area contributed by atoms with Crippen molar-refractivity contribution < 1.29 is 19.1 Å². The molecule has 0 spiro atoms. The maximum absolute atomic E-state index is 12.7. The van der Waals surface area contributed by atoms with Gasteiger partial charge in [0.15, 0.2) is 0 Å². The third-order valence-electron chi connectivity index (χ3n) is 4.24. The van der Waals surface area contributed by atoms with Gasteiger partial charge in [-0.1, -0.05) is 52.3 Å². The highest BCUT2D eigenvalue weighted by Crippen LogP contribution is 2.41. The molecule has 1 aromatic heterocycles. The van der Waals surface area contributed by atoms with Crippen LogP contribution in [0.2, 0.25) is 0 Å². The van der Waals surface area contributed by atoms with Crippen molar-refractivity contribution in [2.24, 2.45) is 0 Å². The van der Waals surface area contributed by atoms with Gasteiger partial charge in [-0.25, -0.2) is 4.79 Å². The second-order valence-electron chi connectivity index (χ2n) is 5.85. The molecule has 0 atom stereocenters. The maximum atomic E-state index is 12.7. The van der Waals surface area contributed by atoms with Crippen LogP contribution in [0.15, 0.2) is 63.5 Å². The Morgan fingerprint density at radius 2 is 1.85 bits per heavy atom. The Morgan fingerprint density at radius 1 is 1.08 bits per heavy atom. The predicted molar refractivity (Wildman–Crippen MR) is 104 cm³/mol. The summed E-state index contributed by atoms with van der Waals surface area (Å²) in [6.07, 6.45) is 0. The number of ether oxygens (including phenoxy) is 1. The quantitative estimate of drug-likeness (QED) is 0.427. The van der Waals surface area contributed by atoms with Crippen molar-refractivity contribution in [3.05, 3.63) is 64.6 Å². The summed E-state index contributed by atoms with van der Waals surface area (Å²) >= 11 is 3.45. The lowest BCUT2D eigenvalue weighted by molar-refractivity contribution is 0.0529. The number of aromatic hydroxyl groups is 1. The number of hydrogen-bond acceptors (Lipinski definition) is 4. The molecule has 1 heterocycles. The smallest absolute Gasteiger partial charge is 0.342 e. The summed E-state index contributed by atoms with van der Waals surface area (Å²) in [5.74, 6) is 0.0478. The second-order valence-corrected chi connectivity index (χ2v) is 6.77. The summed E-state index contributed by atoms with van der Waals surface area (Å²) in [4.78, 5) is 12.7. The number of fused-ring (bicyclic) bond motifs is 3. The van der Waals surface area contributed by atoms with Gasteiger partial charge >= 0.3 is 5.97 Å². The van der Waals surface area contributed by atoms with Crippen LogP contribution in [0.3, 0.4) is 0 Å². The van der Waals surface area contributed by atoms with E-state index in [1.807, 2.05) is 48.5 Å². The van der Waals surface area contributed by atoms with Crippen LogP contribution in [0, 0.1) is 0 Å². The van der Waals surface area contributed by atoms with E-state index in [9.17, 15) is 9.90 Å². The van der Waals surface area contributed by atoms with Crippen LogP contribution >= 0.6 is 15.9 Å². The first-order valence-corrected chi connectivity index (χ1v) is 8.99. The SMILES string of the molecule is CCOC(=O)c1c(-c2cccc(Br)c2)oc2c1cc(O)c1ccccc12. The van der Waals surface area contributed by atoms with Gasteiger partial charge in [0.25, 0.3) is 0 Å². The average Bonchev–Trinajstić information content (AvgIpc) is 3.02. The number of carbonyl (C=O) groups excluding carboxylic acids is 1. The van der Waals surface area contributed by atoms with Gasteiger partial charge in [-0.05, 0) is 25.1 Å². The number of rotatable bonds is 3. The second kappa shape index (κ2) is 6.50. The van der Waals surface area contributed by atoms with E-state index < -0.39 is 5.97 Å². The van der Waals surface area contributed by atoms with Crippen molar-refractivity contribution >= 4 is 43.6 Å². The summed E-state index contributed by atoms with van der Waals surface area (Å²) in [5, 5.41) is 12.4. The van der Waals surface area contributed by atoms with Crippen molar-refractivity contribution in [3.63, 3.8) is 0 Å². The van der Waals surface area contributed by atoms with E-state index in [1.165, 1.54) is 0 Å². The molecular weight excluding hydrogens is 396 g/mol. The van der Waals surface area contributed by atoms with Gasteiger partial charge in [-0.3, -0.25) is 0 Å². The fraction of sp³-hybridized carbons (Fsp3) is 0.0952. The summed E-state index contributed by atoms with van der Waals surface area (Å²) in [5.41, 5.74) is 1.62. The lowest BCUT2D eigenvalue weighted by Gasteiger charge is -2.04. The van der Waals surface area contributed by atoms with Crippen LogP contribution in [-0.2, 0) is 4.74 Å². The van der Waals surface area contributed by atoms with Gasteiger partial charge in [0, 0.05) is 26.2 Å². The maximum Gasteiger partial charge on any atom is 0.342 e. The molecule has 3 aromatic carbocycles. The van der Waals surface area contributed by atoms with Gasteiger partial charge in [-0.2, -0.15) is 0 Å². The highest BCUT2D eigenvalue weighted by molar-refractivity contribution is 9.10. The third-order valence-corrected chi connectivity index (χ3v) is 4.73. The van der Waals surface area contributed by atoms with E-state index in [1.54, 1.807) is 13.0 Å². The predicted octanol–water partition coefficient (Wildman–Crippen LogP) is 5.90. The number of hydrogen-bond donors (Lipinski definition) is 1. The molecule has 26 heavy (non-hydrogen) atoms. The standard InChI is InChI=1S/C21H15BrO4/c1-2-25-21(24)18-16-11-17(23)14-8-3-4-9-15(14)20(16)26-19(18)12-6-5-7-13(22)10-12/h3-11,23H,2H2,1H3. The van der Waals surface area contributed by atoms with Crippen LogP contribution in [0.25, 0.3) is 33.1 Å². The normalized spacial score (nSPS) is 11.2. The minimum absolute atomic E-state index is 0.0974. The summed E-state index contributed by atoms with van der Waals surface area (Å²) in [7, 11) is 0. The van der Waals surface area contributed by atoms with E-state index in [0.717, 1.165) is 15.4 Å². The van der Waals surface area contributed by atoms with E-state index in [-0.39, 0.29) is 12.4 Å². The van der Waals surface area contributed by atoms with Gasteiger partial charge in [0.1, 0.15) is 22.7 Å². The van der Waals surface area contributed by atoms with Gasteiger partial charge in [0.2, 0.25) is 0 Å². The molecule has 0 amide bonds. The van der Waals surface area contributed by atoms with Crippen molar-refractivity contribution in [2.45, 2.75) is 6.92 Å². The number of phenols is 1. The number of halogens is 1. The zero-order valence-electron chi connectivity index (χ0n) is 14.0. The zero-order chi connectivity index (χ0) is 18.3. The molecule has 4 aromatic rings. The van der Waals surface area contributed by atoms with Crippen molar-refractivity contribution in [3.8, 4) is 17.1 Å². The van der Waals surface area contributed by atoms with Crippen LogP contribution in [-0.4, -0.2) is 17.7 Å². The van der Waals surface area contributed by atoms with Crippen LogP contribution in [0.5, 0.6) is 5.75 Å². The molecule has 0 aliphatic carbocycles. The Morgan fingerprint density at radius 3 is 2.58 bits per heavy atom. The van der Waals surface area contributed by atoms with Crippen molar-refractivity contribution in [1.82, 2.24) is 0 Å². The fourth-order valence-electron chi connectivity index (χ4n) is 3.14. The summed E-state index contributed by atoms with van der Waals surface area (Å²) in [6.45, 7) is 2.01. The van der Waals surface area contributed by atoms with Crippen molar-refractivity contribution in [1.29, 1.82) is 0 Å². The van der Waals surface area contributed by atoms with Crippen molar-refractivity contribution in [2.75, 3.05) is 6.61 Å². The first kappa shape index (κ1) is 16.7. The lowest BCUT2D eigenvalue weighted by atomic mass is 10.0. The Hall–Kier alpha value is -2.79. The number of esters is 1. The molecule has 4 rings (SSSR count). The Labute approximate surface area is 158 Å². The molecule has 0 radical (unpaired) electrons. The summed E-state index contributed by atoms with van der Waals surface area (Å²) in [6, 6.07) is 16.5. The molecule has 0 saturated heterocycles. The van der Waals surface area contributed by atoms with E-state index in [4.69, 9.17) is 9.15 Å². The molecule has 0 aliphatic rings. The van der Waals surface area contributed by atoms with Gasteiger partial charge in [0.05, 0.1) is 6.61 Å². The van der Waals surface area contributed by atoms with Gasteiger partial charge in [-0.15, -0.1) is 0 Å². The molecular formula is C21H15BrO4. The molecule has 0 fully saturated rings. The molecule has 0 bridgehead atoms. The minimum atomic E-state index is -0.476. The minimum Gasteiger partial charge on any atom is -0.507 e. The molecule has 1 N–H and O–H groups in total. The fourth-order valence-corrected chi connectivity index (χ4v) is 3.54. The lowest BCUT2D eigenvalue weighted by Crippen LogP contribution is -2.05. The molecule has 0 saturated carbocycles. The van der Waals surface area contributed by atoms with Crippen LogP contribution in [0.1, 0.15) is 17.3 Å². The zero-order valence-corrected chi connectivity index (χ0v) is 15.5. The molecule has 0 aliphatic heterocycles. The number of benzene rings is 3. The largest absolute Gasteiger partial charge is 0.507 e. The first-order valence-electron chi connectivity index (χ1n) is 8.20. The van der Waals surface area contributed by atoms with Crippen LogP contribution in [0.4, 0.5) is 0 Å². The highest BCUT2D eigenvalue weighted by atomic mass is 79.9. The van der Waals surface area contributed by atoms with E-state index >= 15 is 0 Å². The molecule has 4 nitrogen and oxygen atoms in total. The van der Waals surface area contributed by atoms with E-state index in [0.29, 0.717) is 27.7 Å². The molecule has 0 unspecified atom stereocenters. The average molecular weight is 411 g/mol. The topological polar surface area (TPSA) is 59.7 Å². The number of carbonyl (C=O) groups is 1. The highest BCUT2D eigenvalue weighted by Gasteiger charge is 2.25. The Balaban J connectivity index is 2.12. The Kier molecular flexibility index (Phi) is 4.17. The molecule has 130 valence electrons. The Bertz CT molecular complexity index is 1140. The first-order chi connectivity index (χ1) is 12.6. The van der Waals surface area contributed by atoms with Gasteiger partial charge < -0.3 is 14.3 Å². The molecule has 5 heteroatoms. The van der Waals surface area contributed by atoms with Crippen LogP contribution < -0.4 is 0 Å². The van der Waals surface area contributed by atoms with E-state index in [2.05, 4.69) is 15.9 Å². The summed E-state index contributed by atoms with van der Waals surface area (Å²) < 4.78 is 12.3. The third kappa shape index (κ3) is 2.65. The monoisotopic (exact) mass is 410 g/mol. The number of furan rings is 1.